The third-order valence-electron chi connectivity index (χ3n) is 6.85. The van der Waals surface area contributed by atoms with Gasteiger partial charge in [-0.25, -0.2) is 0 Å². The maximum absolute atomic E-state index is 6.42. The number of halogens is 1. The quantitative estimate of drug-likeness (QED) is 0.0315. The Morgan fingerprint density at radius 3 is 1.68 bits per heavy atom. The van der Waals surface area contributed by atoms with E-state index in [0.29, 0.717) is 30.9 Å². The average Bonchev–Trinajstić information content (AvgIpc) is 3.10. The molecular formula is C34H36BrCuN6OPS3. The molecule has 4 aromatic rings. The van der Waals surface area contributed by atoms with Crippen LogP contribution >= 0.6 is 19.0 Å². The van der Waals surface area contributed by atoms with Crippen molar-refractivity contribution in [2.45, 2.75) is 11.8 Å². The fraction of sp³-hybridized carbons (Fsp3) is 0.176. The van der Waals surface area contributed by atoms with Gasteiger partial charge in [-0.3, -0.25) is 0 Å². The Morgan fingerprint density at radius 2 is 1.21 bits per heavy atom. The number of hydrogen-bond donors (Lipinski definition) is 2. The molecule has 7 nitrogen and oxygen atoms in total. The number of amidine groups is 2. The summed E-state index contributed by atoms with van der Waals surface area (Å²) in [7, 11) is -0.371. The van der Waals surface area contributed by atoms with Crippen LogP contribution < -0.4 is 43.5 Å². The summed E-state index contributed by atoms with van der Waals surface area (Å²) in [6.45, 7) is 2.74. The normalized spacial score (nSPS) is 12.5. The van der Waals surface area contributed by atoms with Crippen LogP contribution in [-0.2, 0) is 47.1 Å². The van der Waals surface area contributed by atoms with Gasteiger partial charge in [-0.1, -0.05) is 66.7 Å². The van der Waals surface area contributed by atoms with E-state index < -0.39 is 7.26 Å². The molecule has 0 heterocycles. The number of hydrogen-bond acceptors (Lipinski definition) is 8. The van der Waals surface area contributed by atoms with Crippen LogP contribution in [0.4, 0.5) is 0 Å². The van der Waals surface area contributed by atoms with Gasteiger partial charge in [-0.2, -0.15) is 15.3 Å². The Morgan fingerprint density at radius 1 is 0.723 bits per heavy atom. The van der Waals surface area contributed by atoms with E-state index in [-0.39, 0.29) is 44.4 Å². The first kappa shape index (κ1) is 40.5. The zero-order valence-electron chi connectivity index (χ0n) is 26.1. The summed E-state index contributed by atoms with van der Waals surface area (Å²) >= 11 is 12.3. The summed E-state index contributed by atoms with van der Waals surface area (Å²) in [4.78, 5) is 1.14. The van der Waals surface area contributed by atoms with Crippen molar-refractivity contribution < 1.29 is 38.8 Å². The molecule has 47 heavy (non-hydrogen) atoms. The average molecular weight is 815 g/mol. The van der Waals surface area contributed by atoms with Gasteiger partial charge in [0, 0.05) is 24.1 Å². The molecule has 0 aromatic heterocycles. The topological polar surface area (TPSA) is 82.7 Å². The van der Waals surface area contributed by atoms with Crippen LogP contribution in [0, 0.1) is 0 Å². The standard InChI is InChI=1S/C34H37N6OPS3.BrH.Cu/c1-26(32(38-39-33(43)35-2)27-19-21-31(45-3)22-20-27)37-40-34(44)36-23-24-41-25-42(28-13-7-4-8-14-28,29-15-9-5-10-16-29)30-17-11-6-12-18-30;;/h4-22H,23-25H2,1-3H3,(H3-,35,36,37,38,39,40,43,44);1H;/q;;+2/p-2. The van der Waals surface area contributed by atoms with Crippen LogP contribution in [0.5, 0.6) is 0 Å². The molecule has 4 rings (SSSR count). The fourth-order valence-corrected chi connectivity index (χ4v) is 8.97. The first-order valence-corrected chi connectivity index (χ1v) is 18.3. The first-order chi connectivity index (χ1) is 22.0. The fourth-order valence-electron chi connectivity index (χ4n) is 4.59. The molecule has 0 fully saturated rings. The second-order valence-corrected chi connectivity index (χ2v) is 14.8. The minimum atomic E-state index is -2.07. The molecule has 2 N–H and O–H groups in total. The molecule has 0 saturated carbocycles. The van der Waals surface area contributed by atoms with Gasteiger partial charge in [0.05, 0.1) is 12.3 Å². The van der Waals surface area contributed by atoms with Gasteiger partial charge >= 0.3 is 17.1 Å². The van der Waals surface area contributed by atoms with Gasteiger partial charge in [0.25, 0.3) is 0 Å². The summed E-state index contributed by atoms with van der Waals surface area (Å²) in [5, 5.41) is 27.3. The Bertz CT molecular complexity index is 1530. The van der Waals surface area contributed by atoms with Crippen LogP contribution in [-0.4, -0.2) is 54.6 Å². The Labute approximate surface area is 315 Å². The molecule has 0 aliphatic carbocycles. The molecule has 0 unspecified atom stereocenters. The number of rotatable bonds is 13. The van der Waals surface area contributed by atoms with Crippen molar-refractivity contribution >= 4 is 82.0 Å². The van der Waals surface area contributed by atoms with E-state index in [0.717, 1.165) is 10.5 Å². The van der Waals surface area contributed by atoms with Crippen LogP contribution in [0.15, 0.2) is 141 Å². The number of nitrogens with zero attached hydrogens (tertiary/aromatic N) is 4. The zero-order valence-corrected chi connectivity index (χ0v) is 32.0. The maximum Gasteiger partial charge on any atom is 2.00 e. The molecule has 0 aliphatic heterocycles. The van der Waals surface area contributed by atoms with Gasteiger partial charge in [-0.15, -0.1) is 16.9 Å². The smallest absolute Gasteiger partial charge is 1.00 e. The van der Waals surface area contributed by atoms with E-state index in [1.54, 1.807) is 18.8 Å². The summed E-state index contributed by atoms with van der Waals surface area (Å²) in [6.07, 6.45) is 2.59. The minimum absolute atomic E-state index is 0. The van der Waals surface area contributed by atoms with Crippen molar-refractivity contribution in [2.75, 3.05) is 32.8 Å². The van der Waals surface area contributed by atoms with Crippen molar-refractivity contribution in [3.63, 3.8) is 0 Å². The van der Waals surface area contributed by atoms with E-state index in [9.17, 15) is 0 Å². The molecular weight excluding hydrogens is 779 g/mol. The number of thioether (sulfide) groups is 1. The second-order valence-electron chi connectivity index (χ2n) is 9.70. The molecule has 1 radical (unpaired) electrons. The molecule has 0 aliphatic rings. The maximum atomic E-state index is 6.42. The molecule has 0 saturated heterocycles. The van der Waals surface area contributed by atoms with Gasteiger partial charge in [0.1, 0.15) is 28.9 Å². The first-order valence-electron chi connectivity index (χ1n) is 14.3. The molecule has 0 amide bonds. The SMILES string of the molecule is CNC([S-])=NN=C(C(C)=NN=C([S-])NCCOC[P+](c1ccccc1)(c1ccccc1)c1ccccc1)c1ccc(SC)cc1.[Br-].[Cu+2]. The summed E-state index contributed by atoms with van der Waals surface area (Å²) in [5.41, 5.74) is 1.96. The summed E-state index contributed by atoms with van der Waals surface area (Å²) in [5.74, 6) is 0. The van der Waals surface area contributed by atoms with E-state index in [1.165, 1.54) is 15.9 Å². The summed E-state index contributed by atoms with van der Waals surface area (Å²) in [6, 6.07) is 39.9. The van der Waals surface area contributed by atoms with E-state index in [1.807, 2.05) is 37.4 Å². The van der Waals surface area contributed by atoms with E-state index in [2.05, 4.69) is 122 Å². The van der Waals surface area contributed by atoms with Crippen LogP contribution in [0.1, 0.15) is 12.5 Å². The predicted molar refractivity (Wildman–Crippen MR) is 200 cm³/mol. The monoisotopic (exact) mass is 813 g/mol. The molecule has 249 valence electrons. The van der Waals surface area contributed by atoms with Crippen molar-refractivity contribution in [3.8, 4) is 0 Å². The largest absolute Gasteiger partial charge is 2.00 e. The van der Waals surface area contributed by atoms with E-state index in [4.69, 9.17) is 30.0 Å². The van der Waals surface area contributed by atoms with Gasteiger partial charge in [0.2, 0.25) is 0 Å². The van der Waals surface area contributed by atoms with Crippen molar-refractivity contribution in [1.82, 2.24) is 10.6 Å². The number of nitrogens with one attached hydrogen (secondary N) is 2. The van der Waals surface area contributed by atoms with Gasteiger partial charge < -0.3 is 57.6 Å². The Hall–Kier alpha value is -2.66. The van der Waals surface area contributed by atoms with Crippen molar-refractivity contribution in [2.24, 2.45) is 20.4 Å². The van der Waals surface area contributed by atoms with Crippen molar-refractivity contribution in [1.29, 1.82) is 0 Å². The summed E-state index contributed by atoms with van der Waals surface area (Å²) < 4.78 is 6.42. The minimum Gasteiger partial charge on any atom is -1.00 e. The third-order valence-corrected chi connectivity index (χ3v) is 12.2. The Kier molecular flexibility index (Phi) is 18.4. The second kappa shape index (κ2) is 21.3. The van der Waals surface area contributed by atoms with Gasteiger partial charge in [0.15, 0.2) is 6.35 Å². The predicted octanol–water partition coefficient (Wildman–Crippen LogP) is 2.07. The molecule has 4 aromatic carbocycles. The van der Waals surface area contributed by atoms with Crippen LogP contribution in [0.3, 0.4) is 0 Å². The Balaban J connectivity index is 0.00000384. The molecule has 13 heteroatoms. The van der Waals surface area contributed by atoms with Crippen LogP contribution in [0.2, 0.25) is 0 Å². The number of benzene rings is 4. The van der Waals surface area contributed by atoms with Gasteiger partial charge in [-0.05, 0) is 72.0 Å². The van der Waals surface area contributed by atoms with E-state index >= 15 is 0 Å². The zero-order chi connectivity index (χ0) is 31.9. The number of ether oxygens (including phenoxy) is 1. The molecule has 0 spiro atoms. The van der Waals surface area contributed by atoms with Crippen molar-refractivity contribution in [3.05, 3.63) is 121 Å². The molecule has 0 atom stereocenters. The van der Waals surface area contributed by atoms with Crippen LogP contribution in [0.25, 0.3) is 0 Å². The third kappa shape index (κ3) is 11.5. The molecule has 0 bridgehead atoms.